The van der Waals surface area contributed by atoms with Crippen LogP contribution in [0, 0.1) is 0 Å². The molecule has 0 N–H and O–H groups in total. The maximum Gasteiger partial charge on any atom is 0.172 e. The van der Waals surface area contributed by atoms with Gasteiger partial charge in [-0.1, -0.05) is 60.7 Å². The zero-order chi connectivity index (χ0) is 17.1. The van der Waals surface area contributed by atoms with Gasteiger partial charge in [0.25, 0.3) is 0 Å². The lowest BCUT2D eigenvalue weighted by molar-refractivity contribution is 0.592. The highest BCUT2D eigenvalue weighted by Gasteiger charge is 2.29. The molecule has 4 rings (SSSR count). The summed E-state index contributed by atoms with van der Waals surface area (Å²) in [6.07, 6.45) is 5.22. The van der Waals surface area contributed by atoms with E-state index in [-0.39, 0.29) is 0 Å². The molecule has 2 aromatic carbocycles. The van der Waals surface area contributed by atoms with Gasteiger partial charge in [0.1, 0.15) is 0 Å². The van der Waals surface area contributed by atoms with E-state index in [2.05, 4.69) is 10.1 Å². The van der Waals surface area contributed by atoms with Crippen molar-refractivity contribution < 1.29 is 4.57 Å². The van der Waals surface area contributed by atoms with Gasteiger partial charge in [0.2, 0.25) is 0 Å². The summed E-state index contributed by atoms with van der Waals surface area (Å²) in [5.41, 5.74) is 0. The lowest BCUT2D eigenvalue weighted by atomic mass is 10.4. The van der Waals surface area contributed by atoms with Gasteiger partial charge in [0, 0.05) is 34.5 Å². The highest BCUT2D eigenvalue weighted by atomic mass is 31.2. The van der Waals surface area contributed by atoms with Gasteiger partial charge in [-0.15, -0.1) is 0 Å². The first-order valence-corrected chi connectivity index (χ1v) is 9.67. The van der Waals surface area contributed by atoms with Gasteiger partial charge in [0.05, 0.1) is 0 Å². The third kappa shape index (κ3) is 2.81. The first-order chi connectivity index (χ1) is 12.3. The van der Waals surface area contributed by atoms with Crippen LogP contribution in [-0.4, -0.2) is 14.8 Å². The van der Waals surface area contributed by atoms with E-state index in [4.69, 9.17) is 0 Å². The molecule has 122 valence electrons. The lowest BCUT2D eigenvalue weighted by Gasteiger charge is -2.19. The molecule has 4 nitrogen and oxygen atoms in total. The summed E-state index contributed by atoms with van der Waals surface area (Å²) in [5.74, 6) is 0.696. The van der Waals surface area contributed by atoms with Crippen molar-refractivity contribution in [2.75, 3.05) is 0 Å². The lowest BCUT2D eigenvalue weighted by Crippen LogP contribution is -2.25. The van der Waals surface area contributed by atoms with E-state index in [9.17, 15) is 4.57 Å². The molecule has 0 saturated heterocycles. The minimum Gasteiger partial charge on any atom is -0.309 e. The van der Waals surface area contributed by atoms with Crippen LogP contribution in [0.2, 0.25) is 0 Å². The Bertz CT molecular complexity index is 955. The molecule has 0 saturated carbocycles. The zero-order valence-electron chi connectivity index (χ0n) is 13.4. The van der Waals surface area contributed by atoms with E-state index in [1.807, 2.05) is 85.1 Å². The van der Waals surface area contributed by atoms with Crippen molar-refractivity contribution in [3.05, 3.63) is 97.5 Å². The zero-order valence-corrected chi connectivity index (χ0v) is 14.3. The van der Waals surface area contributed by atoms with Crippen molar-refractivity contribution in [3.8, 4) is 5.82 Å². The van der Waals surface area contributed by atoms with Gasteiger partial charge in [-0.25, -0.2) is 9.67 Å². The summed E-state index contributed by atoms with van der Waals surface area (Å²) >= 11 is 0. The second kappa shape index (κ2) is 6.50. The normalized spacial score (nSPS) is 11.4. The molecule has 0 aliphatic heterocycles. The van der Waals surface area contributed by atoms with Crippen LogP contribution in [0.1, 0.15) is 0 Å². The van der Waals surface area contributed by atoms with Gasteiger partial charge in [0.15, 0.2) is 13.0 Å². The van der Waals surface area contributed by atoms with Crippen LogP contribution in [0.15, 0.2) is 97.5 Å². The van der Waals surface area contributed by atoms with Gasteiger partial charge in [-0.2, -0.15) is 5.10 Å². The molecule has 0 spiro atoms. The Labute approximate surface area is 146 Å². The summed E-state index contributed by atoms with van der Waals surface area (Å²) in [6.45, 7) is 0. The quantitative estimate of drug-likeness (QED) is 0.534. The minimum atomic E-state index is -2.97. The molecule has 25 heavy (non-hydrogen) atoms. The summed E-state index contributed by atoms with van der Waals surface area (Å²) in [5, 5.41) is 6.49. The predicted octanol–water partition coefficient (Wildman–Crippen LogP) is 2.91. The molecule has 0 bridgehead atoms. The van der Waals surface area contributed by atoms with E-state index in [0.29, 0.717) is 11.1 Å². The summed E-state index contributed by atoms with van der Waals surface area (Å²) in [4.78, 5) is 4.47. The molecule has 0 amide bonds. The van der Waals surface area contributed by atoms with Crippen LogP contribution in [0.25, 0.3) is 5.82 Å². The van der Waals surface area contributed by atoms with Crippen LogP contribution in [0.3, 0.4) is 0 Å². The maximum absolute atomic E-state index is 14.2. The van der Waals surface area contributed by atoms with Gasteiger partial charge >= 0.3 is 0 Å². The van der Waals surface area contributed by atoms with Gasteiger partial charge < -0.3 is 4.57 Å². The van der Waals surface area contributed by atoms with Crippen molar-refractivity contribution in [3.63, 3.8) is 0 Å². The number of aromatic nitrogens is 3. The molecule has 0 unspecified atom stereocenters. The van der Waals surface area contributed by atoms with E-state index >= 15 is 0 Å². The molecular formula is C20H16N3OP. The Balaban J connectivity index is 1.86. The Hall–Kier alpha value is -2.97. The number of nitrogens with zero attached hydrogens (tertiary/aromatic N) is 3. The second-order valence-corrected chi connectivity index (χ2v) is 8.37. The highest BCUT2D eigenvalue weighted by Crippen LogP contribution is 2.41. The largest absolute Gasteiger partial charge is 0.309 e. The molecular weight excluding hydrogens is 329 g/mol. The highest BCUT2D eigenvalue weighted by molar-refractivity contribution is 7.85. The predicted molar refractivity (Wildman–Crippen MR) is 101 cm³/mol. The minimum absolute atomic E-state index is 0.696. The summed E-state index contributed by atoms with van der Waals surface area (Å²) < 4.78 is 15.8. The maximum atomic E-state index is 14.2. The fourth-order valence-electron chi connectivity index (χ4n) is 2.83. The van der Waals surface area contributed by atoms with Crippen molar-refractivity contribution in [2.24, 2.45) is 0 Å². The Kier molecular flexibility index (Phi) is 4.04. The molecule has 5 heteroatoms. The molecule has 2 aromatic heterocycles. The van der Waals surface area contributed by atoms with Crippen LogP contribution < -0.4 is 15.9 Å². The van der Waals surface area contributed by atoms with Gasteiger partial charge in [-0.3, -0.25) is 0 Å². The SMILES string of the molecule is O=P(c1ccccc1)(c1ccccc1)c1ccc(-n2cccn2)nc1. The fourth-order valence-corrected chi connectivity index (χ4v) is 5.41. The van der Waals surface area contributed by atoms with Crippen molar-refractivity contribution in [2.45, 2.75) is 0 Å². The van der Waals surface area contributed by atoms with Crippen molar-refractivity contribution in [1.29, 1.82) is 0 Å². The average molecular weight is 345 g/mol. The summed E-state index contributed by atoms with van der Waals surface area (Å²) in [6, 6.07) is 24.7. The number of hydrogen-bond donors (Lipinski definition) is 0. The van der Waals surface area contributed by atoms with E-state index in [0.717, 1.165) is 10.6 Å². The Morgan fingerprint density at radius 1 is 0.720 bits per heavy atom. The van der Waals surface area contributed by atoms with Crippen LogP contribution >= 0.6 is 7.14 Å². The smallest absolute Gasteiger partial charge is 0.172 e. The average Bonchev–Trinajstić information content (AvgIpc) is 3.24. The van der Waals surface area contributed by atoms with Gasteiger partial charge in [-0.05, 0) is 18.2 Å². The van der Waals surface area contributed by atoms with Crippen LogP contribution in [0.4, 0.5) is 0 Å². The monoisotopic (exact) mass is 345 g/mol. The van der Waals surface area contributed by atoms with E-state index in [1.54, 1.807) is 17.1 Å². The van der Waals surface area contributed by atoms with E-state index in [1.165, 1.54) is 0 Å². The fraction of sp³-hybridized carbons (Fsp3) is 0. The third-order valence-corrected chi connectivity index (χ3v) is 7.12. The standard InChI is InChI=1S/C20H16N3OP/c24-25(17-8-3-1-4-9-17,18-10-5-2-6-11-18)19-12-13-20(21-16-19)23-15-7-14-22-23/h1-16H. The first-order valence-electron chi connectivity index (χ1n) is 7.96. The third-order valence-electron chi connectivity index (χ3n) is 4.07. The number of pyridine rings is 1. The van der Waals surface area contributed by atoms with Crippen molar-refractivity contribution in [1.82, 2.24) is 14.8 Å². The number of hydrogen-bond acceptors (Lipinski definition) is 3. The molecule has 0 fully saturated rings. The molecule has 2 heterocycles. The molecule has 0 aliphatic rings. The molecule has 0 aliphatic carbocycles. The molecule has 4 aromatic rings. The Morgan fingerprint density at radius 2 is 1.36 bits per heavy atom. The summed E-state index contributed by atoms with van der Waals surface area (Å²) in [7, 11) is -2.97. The topological polar surface area (TPSA) is 47.8 Å². The second-order valence-electron chi connectivity index (χ2n) is 5.61. The molecule has 0 atom stereocenters. The van der Waals surface area contributed by atoms with E-state index < -0.39 is 7.14 Å². The van der Waals surface area contributed by atoms with Crippen LogP contribution in [0.5, 0.6) is 0 Å². The Morgan fingerprint density at radius 3 is 1.84 bits per heavy atom. The number of benzene rings is 2. The van der Waals surface area contributed by atoms with Crippen molar-refractivity contribution >= 4 is 23.1 Å². The number of rotatable bonds is 4. The van der Waals surface area contributed by atoms with Crippen LogP contribution in [-0.2, 0) is 4.57 Å². The first kappa shape index (κ1) is 15.6. The molecule has 0 radical (unpaired) electrons.